The minimum Gasteiger partial charge on any atom is -0.495 e. The van der Waals surface area contributed by atoms with Crippen LogP contribution in [0.3, 0.4) is 0 Å². The zero-order valence-corrected chi connectivity index (χ0v) is 21.1. The normalized spacial score (nSPS) is 19.1. The zero-order valence-electron chi connectivity index (χ0n) is 21.1. The van der Waals surface area contributed by atoms with Crippen LogP contribution in [0.5, 0.6) is 11.5 Å². The molecule has 0 saturated heterocycles. The molecule has 2 atom stereocenters. The first-order valence-electron chi connectivity index (χ1n) is 12.6. The quantitative estimate of drug-likeness (QED) is 0.431. The Morgan fingerprint density at radius 3 is 2.43 bits per heavy atom. The lowest BCUT2D eigenvalue weighted by Crippen LogP contribution is -2.39. The van der Waals surface area contributed by atoms with E-state index in [0.29, 0.717) is 41.5 Å². The van der Waals surface area contributed by atoms with E-state index in [2.05, 4.69) is 5.32 Å². The molecule has 1 aliphatic heterocycles. The number of anilines is 1. The molecule has 1 N–H and O–H groups in total. The molecule has 5 rings (SSSR count). The van der Waals surface area contributed by atoms with Gasteiger partial charge in [0.05, 0.1) is 18.7 Å². The van der Waals surface area contributed by atoms with Crippen LogP contribution in [-0.4, -0.2) is 24.5 Å². The van der Waals surface area contributed by atoms with E-state index in [1.54, 1.807) is 19.2 Å². The number of amides is 1. The van der Waals surface area contributed by atoms with Crippen molar-refractivity contribution in [3.63, 3.8) is 0 Å². The van der Waals surface area contributed by atoms with Crippen molar-refractivity contribution in [3.05, 3.63) is 101 Å². The highest BCUT2D eigenvalue weighted by Gasteiger charge is 2.43. The van der Waals surface area contributed by atoms with Gasteiger partial charge in [-0.1, -0.05) is 60.7 Å². The second kappa shape index (κ2) is 10.8. The summed E-state index contributed by atoms with van der Waals surface area (Å²) in [6.45, 7) is 2.26. The van der Waals surface area contributed by atoms with Crippen LogP contribution in [0.15, 0.2) is 95.1 Å². The summed E-state index contributed by atoms with van der Waals surface area (Å²) in [6.07, 6.45) is 1.95. The smallest absolute Gasteiger partial charge is 0.234 e. The van der Waals surface area contributed by atoms with Crippen LogP contribution in [0.1, 0.15) is 43.2 Å². The lowest BCUT2D eigenvalue weighted by molar-refractivity contribution is -0.119. The van der Waals surface area contributed by atoms with E-state index in [9.17, 15) is 9.59 Å². The third kappa shape index (κ3) is 5.05. The molecule has 3 aromatic rings. The summed E-state index contributed by atoms with van der Waals surface area (Å²) in [5, 5.41) is 3.03. The van der Waals surface area contributed by atoms with Gasteiger partial charge in [0.2, 0.25) is 5.91 Å². The van der Waals surface area contributed by atoms with E-state index in [-0.39, 0.29) is 11.7 Å². The van der Waals surface area contributed by atoms with E-state index < -0.39 is 11.8 Å². The Hall–Kier alpha value is -4.19. The predicted molar refractivity (Wildman–Crippen MR) is 144 cm³/mol. The molecule has 0 bridgehead atoms. The average molecular weight is 495 g/mol. The summed E-state index contributed by atoms with van der Waals surface area (Å²) in [5.41, 5.74) is 4.53. The number of aliphatic imine (C=N–C) groups is 1. The molecular formula is C31H30N2O4. The third-order valence-corrected chi connectivity index (χ3v) is 6.97. The Labute approximate surface area is 217 Å². The maximum Gasteiger partial charge on any atom is 0.234 e. The summed E-state index contributed by atoms with van der Waals surface area (Å²) in [4.78, 5) is 32.0. The van der Waals surface area contributed by atoms with Gasteiger partial charge in [-0.05, 0) is 43.5 Å². The maximum atomic E-state index is 13.9. The van der Waals surface area contributed by atoms with Crippen molar-refractivity contribution in [2.24, 2.45) is 10.9 Å². The van der Waals surface area contributed by atoms with Gasteiger partial charge in [-0.15, -0.1) is 0 Å². The monoisotopic (exact) mass is 494 g/mol. The van der Waals surface area contributed by atoms with Crippen molar-refractivity contribution in [3.8, 4) is 11.5 Å². The van der Waals surface area contributed by atoms with Crippen LogP contribution in [0, 0.1) is 5.92 Å². The van der Waals surface area contributed by atoms with Gasteiger partial charge in [-0.2, -0.15) is 0 Å². The highest BCUT2D eigenvalue weighted by Crippen LogP contribution is 2.46. The Morgan fingerprint density at radius 1 is 0.946 bits per heavy atom. The number of hydrogen-bond donors (Lipinski definition) is 1. The van der Waals surface area contributed by atoms with Crippen LogP contribution in [-0.2, 0) is 16.2 Å². The van der Waals surface area contributed by atoms with Gasteiger partial charge >= 0.3 is 0 Å². The number of carbonyl (C=O) groups excluding carboxylic acids is 2. The lowest BCUT2D eigenvalue weighted by atomic mass is 9.71. The fourth-order valence-electron chi connectivity index (χ4n) is 5.24. The van der Waals surface area contributed by atoms with Crippen molar-refractivity contribution in [2.75, 3.05) is 12.4 Å². The number of nitrogens with zero attached hydrogens (tertiary/aromatic N) is 1. The van der Waals surface area contributed by atoms with E-state index in [1.165, 1.54) is 0 Å². The van der Waals surface area contributed by atoms with Crippen molar-refractivity contribution in [2.45, 2.75) is 38.7 Å². The minimum absolute atomic E-state index is 0.0513. The number of ketones is 1. The molecule has 1 heterocycles. The van der Waals surface area contributed by atoms with Crippen molar-refractivity contribution in [1.82, 2.24) is 0 Å². The summed E-state index contributed by atoms with van der Waals surface area (Å²) in [7, 11) is 1.57. The second-order valence-electron chi connectivity index (χ2n) is 9.35. The van der Waals surface area contributed by atoms with E-state index in [0.717, 1.165) is 29.7 Å². The molecule has 6 nitrogen and oxygen atoms in total. The Kier molecular flexibility index (Phi) is 7.17. The predicted octanol–water partition coefficient (Wildman–Crippen LogP) is 6.09. The van der Waals surface area contributed by atoms with Crippen LogP contribution in [0.4, 0.5) is 5.69 Å². The number of ether oxygens (including phenoxy) is 2. The summed E-state index contributed by atoms with van der Waals surface area (Å²) in [6, 6.07) is 24.9. The van der Waals surface area contributed by atoms with Gasteiger partial charge < -0.3 is 14.8 Å². The Balaban J connectivity index is 1.55. The van der Waals surface area contributed by atoms with Crippen LogP contribution in [0.2, 0.25) is 0 Å². The molecule has 6 heteroatoms. The van der Waals surface area contributed by atoms with Gasteiger partial charge in [0.25, 0.3) is 0 Å². The van der Waals surface area contributed by atoms with Crippen molar-refractivity contribution < 1.29 is 19.1 Å². The van der Waals surface area contributed by atoms with Crippen LogP contribution < -0.4 is 14.8 Å². The first-order valence-corrected chi connectivity index (χ1v) is 12.6. The maximum absolute atomic E-state index is 13.9. The number of benzene rings is 3. The minimum atomic E-state index is -0.674. The molecule has 2 aliphatic rings. The van der Waals surface area contributed by atoms with Crippen molar-refractivity contribution >= 4 is 23.1 Å². The fourth-order valence-corrected chi connectivity index (χ4v) is 5.24. The number of rotatable bonds is 7. The molecule has 37 heavy (non-hydrogen) atoms. The van der Waals surface area contributed by atoms with Gasteiger partial charge in [0, 0.05) is 34.9 Å². The number of para-hydroxylation sites is 3. The number of Topliss-reactive ketones (excluding diaryl/α,β-unsaturated/α-hetero) is 1. The molecule has 0 fully saturated rings. The molecule has 1 amide bonds. The highest BCUT2D eigenvalue weighted by molar-refractivity contribution is 6.13. The fraction of sp³-hybridized carbons (Fsp3) is 0.258. The van der Waals surface area contributed by atoms with Gasteiger partial charge in [0.1, 0.15) is 18.1 Å². The van der Waals surface area contributed by atoms with Crippen LogP contribution >= 0.6 is 0 Å². The number of allylic oxidation sites excluding steroid dienone is 2. The lowest BCUT2D eigenvalue weighted by Gasteiger charge is -2.35. The number of hydrogen-bond acceptors (Lipinski definition) is 5. The van der Waals surface area contributed by atoms with Gasteiger partial charge in [-0.25, -0.2) is 0 Å². The first-order chi connectivity index (χ1) is 18.1. The number of nitrogens with one attached hydrogen (secondary N) is 1. The average Bonchev–Trinajstić information content (AvgIpc) is 2.92. The van der Waals surface area contributed by atoms with Gasteiger partial charge in [-0.3, -0.25) is 14.6 Å². The first kappa shape index (κ1) is 24.5. The zero-order chi connectivity index (χ0) is 25.8. The molecule has 1 aliphatic carbocycles. The highest BCUT2D eigenvalue weighted by atomic mass is 16.5. The second-order valence-corrected chi connectivity index (χ2v) is 9.35. The Morgan fingerprint density at radius 2 is 1.65 bits per heavy atom. The largest absolute Gasteiger partial charge is 0.495 e. The van der Waals surface area contributed by atoms with E-state index >= 15 is 0 Å². The molecule has 188 valence electrons. The molecule has 1 unspecified atom stereocenters. The summed E-state index contributed by atoms with van der Waals surface area (Å²) in [5.74, 6) is -0.132. The molecule has 0 aromatic heterocycles. The van der Waals surface area contributed by atoms with Crippen molar-refractivity contribution in [1.29, 1.82) is 0 Å². The number of carbonyl (C=O) groups is 2. The molecule has 0 saturated carbocycles. The molecule has 0 radical (unpaired) electrons. The molecule has 0 spiro atoms. The SMILES string of the molecule is COc1ccccc1NC(=O)C1C(C)=NC2=C(C(=O)CCC2)[C@H]1c1ccccc1OCc1ccccc1. The topological polar surface area (TPSA) is 77.0 Å². The molecule has 3 aromatic carbocycles. The van der Waals surface area contributed by atoms with E-state index in [4.69, 9.17) is 14.5 Å². The third-order valence-electron chi connectivity index (χ3n) is 6.97. The summed E-state index contributed by atoms with van der Waals surface area (Å²) >= 11 is 0. The summed E-state index contributed by atoms with van der Waals surface area (Å²) < 4.78 is 11.7. The molecular weight excluding hydrogens is 464 g/mol. The van der Waals surface area contributed by atoms with E-state index in [1.807, 2.05) is 73.7 Å². The van der Waals surface area contributed by atoms with Gasteiger partial charge in [0.15, 0.2) is 5.78 Å². The standard InChI is InChI=1S/C31H30N2O4/c1-20-28(31(35)33-23-14-7-9-18-27(23)36-2)29(30-24(32-20)15-10-16-25(30)34)22-13-6-8-17-26(22)37-19-21-11-4-3-5-12-21/h3-9,11-14,17-18,28-29H,10,15-16,19H2,1-2H3,(H,33,35)/t28?,29-/m0/s1. The number of methoxy groups -OCH3 is 1. The Bertz CT molecular complexity index is 1380. The van der Waals surface area contributed by atoms with Crippen LogP contribution in [0.25, 0.3) is 0 Å².